The van der Waals surface area contributed by atoms with Crippen LogP contribution in [0.3, 0.4) is 0 Å². The lowest BCUT2D eigenvalue weighted by Gasteiger charge is -2.18. The number of hydrogen-bond donors (Lipinski definition) is 1. The number of aliphatic carboxylic acids is 1. The molecule has 144 valence electrons. The first-order valence-corrected chi connectivity index (χ1v) is 9.39. The summed E-state index contributed by atoms with van der Waals surface area (Å²) in [6, 6.07) is 30.2. The zero-order valence-corrected chi connectivity index (χ0v) is 15.7. The topological polar surface area (TPSA) is 55.8 Å². The minimum absolute atomic E-state index is 0.182. The van der Waals surface area contributed by atoms with Crippen molar-refractivity contribution in [3.05, 3.63) is 103 Å². The van der Waals surface area contributed by atoms with Crippen LogP contribution in [-0.2, 0) is 11.2 Å². The Morgan fingerprint density at radius 3 is 2.24 bits per heavy atom. The Balaban J connectivity index is 1.60. The van der Waals surface area contributed by atoms with Crippen LogP contribution in [0.25, 0.3) is 10.8 Å². The third-order valence-corrected chi connectivity index (χ3v) is 4.64. The molecular weight excluding hydrogens is 364 g/mol. The van der Waals surface area contributed by atoms with E-state index in [4.69, 9.17) is 9.47 Å². The number of carboxylic acids is 1. The van der Waals surface area contributed by atoms with Crippen molar-refractivity contribution in [2.24, 2.45) is 0 Å². The van der Waals surface area contributed by atoms with E-state index in [0.29, 0.717) is 17.2 Å². The molecule has 0 bridgehead atoms. The van der Waals surface area contributed by atoms with Crippen LogP contribution in [0.1, 0.15) is 5.56 Å². The Bertz CT molecular complexity index is 1120. The average molecular weight is 384 g/mol. The molecular formula is C25H20O4. The predicted octanol–water partition coefficient (Wildman–Crippen LogP) is 5.71. The van der Waals surface area contributed by atoms with Crippen LogP contribution >= 0.6 is 0 Å². The van der Waals surface area contributed by atoms with Crippen molar-refractivity contribution in [3.8, 4) is 17.2 Å². The number of carbonyl (C=O) groups is 1. The first kappa shape index (κ1) is 18.6. The van der Waals surface area contributed by atoms with Crippen molar-refractivity contribution in [2.75, 3.05) is 0 Å². The molecule has 29 heavy (non-hydrogen) atoms. The minimum atomic E-state index is -1.04. The van der Waals surface area contributed by atoms with Crippen molar-refractivity contribution in [3.63, 3.8) is 0 Å². The highest BCUT2D eigenvalue weighted by atomic mass is 16.5. The maximum absolute atomic E-state index is 11.9. The molecule has 0 aliphatic heterocycles. The summed E-state index contributed by atoms with van der Waals surface area (Å²) in [4.78, 5) is 11.9. The predicted molar refractivity (Wildman–Crippen MR) is 113 cm³/mol. The zero-order chi connectivity index (χ0) is 20.1. The van der Waals surface area contributed by atoms with Crippen molar-refractivity contribution in [2.45, 2.75) is 12.5 Å². The molecule has 0 aromatic heterocycles. The molecule has 0 aliphatic rings. The highest BCUT2D eigenvalue weighted by Crippen LogP contribution is 2.29. The Morgan fingerprint density at radius 2 is 1.41 bits per heavy atom. The molecule has 0 unspecified atom stereocenters. The summed E-state index contributed by atoms with van der Waals surface area (Å²) < 4.78 is 11.9. The number of para-hydroxylation sites is 2. The van der Waals surface area contributed by atoms with E-state index in [2.05, 4.69) is 0 Å². The van der Waals surface area contributed by atoms with Gasteiger partial charge in [0.15, 0.2) is 6.10 Å². The van der Waals surface area contributed by atoms with Crippen LogP contribution in [0.4, 0.5) is 0 Å². The molecule has 4 rings (SSSR count). The summed E-state index contributed by atoms with van der Waals surface area (Å²) in [5.41, 5.74) is 0.768. The minimum Gasteiger partial charge on any atom is -0.478 e. The quantitative estimate of drug-likeness (QED) is 0.444. The molecule has 0 fully saturated rings. The van der Waals surface area contributed by atoms with Crippen molar-refractivity contribution in [1.29, 1.82) is 0 Å². The summed E-state index contributed by atoms with van der Waals surface area (Å²) in [6.45, 7) is 0. The molecule has 0 aliphatic carbocycles. The van der Waals surface area contributed by atoms with Gasteiger partial charge in [0.2, 0.25) is 0 Å². The Hall–Kier alpha value is -3.79. The van der Waals surface area contributed by atoms with E-state index < -0.39 is 12.1 Å². The van der Waals surface area contributed by atoms with Gasteiger partial charge in [0.25, 0.3) is 0 Å². The van der Waals surface area contributed by atoms with Gasteiger partial charge in [-0.2, -0.15) is 0 Å². The number of carboxylic acid groups (broad SMARTS) is 1. The normalized spacial score (nSPS) is 11.7. The van der Waals surface area contributed by atoms with E-state index in [-0.39, 0.29) is 6.42 Å². The molecule has 0 amide bonds. The highest BCUT2D eigenvalue weighted by molar-refractivity contribution is 5.88. The lowest BCUT2D eigenvalue weighted by Crippen LogP contribution is -2.29. The van der Waals surface area contributed by atoms with Crippen molar-refractivity contribution < 1.29 is 19.4 Å². The lowest BCUT2D eigenvalue weighted by atomic mass is 10.1. The van der Waals surface area contributed by atoms with Crippen molar-refractivity contribution >= 4 is 16.7 Å². The third-order valence-electron chi connectivity index (χ3n) is 4.64. The second kappa shape index (κ2) is 8.48. The van der Waals surface area contributed by atoms with Gasteiger partial charge in [0, 0.05) is 11.8 Å². The van der Waals surface area contributed by atoms with Gasteiger partial charge in [-0.15, -0.1) is 0 Å². The number of hydrogen-bond acceptors (Lipinski definition) is 3. The summed E-state index contributed by atoms with van der Waals surface area (Å²) in [5, 5.41) is 11.7. The van der Waals surface area contributed by atoms with Gasteiger partial charge < -0.3 is 14.6 Å². The third kappa shape index (κ3) is 4.38. The number of benzene rings is 4. The fraction of sp³-hybridized carbons (Fsp3) is 0.0800. The SMILES string of the molecule is O=C(O)[C@H](Cc1ccccc1Oc1ccccc1)Oc1cccc2ccccc12. The van der Waals surface area contributed by atoms with E-state index in [1.54, 1.807) is 6.07 Å². The summed E-state index contributed by atoms with van der Waals surface area (Å²) in [6.07, 6.45) is -0.858. The molecule has 0 saturated carbocycles. The first-order chi connectivity index (χ1) is 14.2. The second-order valence-corrected chi connectivity index (χ2v) is 6.65. The summed E-state index contributed by atoms with van der Waals surface area (Å²) in [5.74, 6) is 0.845. The average Bonchev–Trinajstić information content (AvgIpc) is 2.75. The zero-order valence-electron chi connectivity index (χ0n) is 15.7. The van der Waals surface area contributed by atoms with Gasteiger partial charge >= 0.3 is 5.97 Å². The van der Waals surface area contributed by atoms with Crippen LogP contribution in [0.15, 0.2) is 97.1 Å². The molecule has 4 aromatic carbocycles. The monoisotopic (exact) mass is 384 g/mol. The highest BCUT2D eigenvalue weighted by Gasteiger charge is 2.23. The smallest absolute Gasteiger partial charge is 0.345 e. The van der Waals surface area contributed by atoms with E-state index >= 15 is 0 Å². The van der Waals surface area contributed by atoms with Gasteiger partial charge in [-0.1, -0.05) is 72.8 Å². The fourth-order valence-corrected chi connectivity index (χ4v) is 3.22. The van der Waals surface area contributed by atoms with Crippen LogP contribution < -0.4 is 9.47 Å². The number of ether oxygens (including phenoxy) is 2. The first-order valence-electron chi connectivity index (χ1n) is 9.39. The van der Waals surface area contributed by atoms with E-state index in [1.165, 1.54) is 0 Å². The standard InChI is InChI=1S/C25H20O4/c26-25(27)24(29-23-16-8-11-18-9-4-6-14-21(18)23)17-19-10-5-7-15-22(19)28-20-12-2-1-3-13-20/h1-16,24H,17H2,(H,26,27)/t24-/m0/s1. The molecule has 4 nitrogen and oxygen atoms in total. The number of fused-ring (bicyclic) bond motifs is 1. The molecule has 0 spiro atoms. The molecule has 1 N–H and O–H groups in total. The Labute approximate surface area is 169 Å². The molecule has 4 heteroatoms. The van der Waals surface area contributed by atoms with Crippen molar-refractivity contribution in [1.82, 2.24) is 0 Å². The van der Waals surface area contributed by atoms with Crippen LogP contribution in [0.5, 0.6) is 17.2 Å². The van der Waals surface area contributed by atoms with E-state index in [9.17, 15) is 9.90 Å². The number of rotatable bonds is 7. The van der Waals surface area contributed by atoms with Crippen LogP contribution in [-0.4, -0.2) is 17.2 Å². The van der Waals surface area contributed by atoms with Gasteiger partial charge in [0.05, 0.1) is 0 Å². The van der Waals surface area contributed by atoms with Gasteiger partial charge in [0.1, 0.15) is 17.2 Å². The second-order valence-electron chi connectivity index (χ2n) is 6.65. The molecule has 1 atom stereocenters. The fourth-order valence-electron chi connectivity index (χ4n) is 3.22. The molecule has 4 aromatic rings. The molecule has 0 heterocycles. The Morgan fingerprint density at radius 1 is 0.759 bits per heavy atom. The summed E-state index contributed by atoms with van der Waals surface area (Å²) >= 11 is 0. The van der Waals surface area contributed by atoms with Crippen LogP contribution in [0.2, 0.25) is 0 Å². The van der Waals surface area contributed by atoms with Gasteiger partial charge in [-0.3, -0.25) is 0 Å². The molecule has 0 saturated heterocycles. The van der Waals surface area contributed by atoms with Crippen LogP contribution in [0, 0.1) is 0 Å². The molecule has 0 radical (unpaired) electrons. The maximum Gasteiger partial charge on any atom is 0.345 e. The van der Waals surface area contributed by atoms with E-state index in [1.807, 2.05) is 91.0 Å². The van der Waals surface area contributed by atoms with Gasteiger partial charge in [-0.05, 0) is 35.2 Å². The maximum atomic E-state index is 11.9. The lowest BCUT2D eigenvalue weighted by molar-refractivity contribution is -0.144. The Kier molecular flexibility index (Phi) is 5.43. The van der Waals surface area contributed by atoms with Gasteiger partial charge in [-0.25, -0.2) is 4.79 Å². The summed E-state index contributed by atoms with van der Waals surface area (Å²) in [7, 11) is 0. The largest absolute Gasteiger partial charge is 0.478 e. The van der Waals surface area contributed by atoms with E-state index in [0.717, 1.165) is 16.3 Å².